The van der Waals surface area contributed by atoms with Gasteiger partial charge in [0.15, 0.2) is 5.60 Å². The van der Waals surface area contributed by atoms with E-state index >= 15 is 0 Å². The largest absolute Gasteiger partial charge is 0.478 e. The Hall–Kier alpha value is -2.12. The lowest BCUT2D eigenvalue weighted by molar-refractivity contribution is -0.193. The number of benzene rings is 1. The van der Waals surface area contributed by atoms with Crippen LogP contribution in [0.3, 0.4) is 0 Å². The fraction of sp³-hybridized carbons (Fsp3) is 0.704. The van der Waals surface area contributed by atoms with Crippen molar-refractivity contribution >= 4 is 11.9 Å². The van der Waals surface area contributed by atoms with E-state index in [1.807, 2.05) is 45.0 Å². The van der Waals surface area contributed by atoms with Gasteiger partial charge in [0, 0.05) is 19.1 Å². The van der Waals surface area contributed by atoms with Crippen LogP contribution in [0.5, 0.6) is 5.75 Å². The van der Waals surface area contributed by atoms with Crippen molar-refractivity contribution in [3.05, 3.63) is 29.8 Å². The van der Waals surface area contributed by atoms with Gasteiger partial charge in [-0.25, -0.2) is 0 Å². The predicted octanol–water partition coefficient (Wildman–Crippen LogP) is 3.09. The number of nitrogens with one attached hydrogen (secondary N) is 1. The van der Waals surface area contributed by atoms with Crippen molar-refractivity contribution in [3.63, 3.8) is 0 Å². The number of nitrogens with zero attached hydrogens (tertiary/aromatic N) is 1. The zero-order valence-corrected chi connectivity index (χ0v) is 20.7. The molecule has 0 spiro atoms. The average Bonchev–Trinajstić information content (AvgIpc) is 2.77. The van der Waals surface area contributed by atoms with E-state index in [2.05, 4.69) is 10.2 Å². The van der Waals surface area contributed by atoms with Gasteiger partial charge >= 0.3 is 5.97 Å². The molecule has 4 aliphatic carbocycles. The molecular formula is C27H38N2O5. The Morgan fingerprint density at radius 1 is 1.09 bits per heavy atom. The van der Waals surface area contributed by atoms with Gasteiger partial charge in [0.2, 0.25) is 0 Å². The molecule has 1 aromatic carbocycles. The standard InChI is InChI=1S/C27H38N2O5/c1-18-4-6-22(7-5-18)33-26(2,3)25(31)28-24-20-12-19-13-21(24)16-27(14-19,15-20)34-23(30)17-29-8-10-32-11-9-29/h4-7,19-21,24H,8-17H2,1-3H3,(H,28,31)/t19?,20-,21+,24?,27?. The second-order valence-electron chi connectivity index (χ2n) is 11.4. The molecule has 5 atom stereocenters. The highest BCUT2D eigenvalue weighted by atomic mass is 16.6. The monoisotopic (exact) mass is 470 g/mol. The maximum Gasteiger partial charge on any atom is 0.320 e. The van der Waals surface area contributed by atoms with E-state index in [0.717, 1.165) is 50.8 Å². The second kappa shape index (κ2) is 9.15. The van der Waals surface area contributed by atoms with Crippen LogP contribution >= 0.6 is 0 Å². The molecule has 6 rings (SSSR count). The number of amides is 1. The Morgan fingerprint density at radius 2 is 1.74 bits per heavy atom. The molecule has 1 N–H and O–H groups in total. The lowest BCUT2D eigenvalue weighted by Crippen LogP contribution is -2.64. The van der Waals surface area contributed by atoms with Crippen molar-refractivity contribution in [1.29, 1.82) is 0 Å². The fourth-order valence-corrected chi connectivity index (χ4v) is 6.80. The number of carbonyl (C=O) groups excluding carboxylic acids is 2. The summed E-state index contributed by atoms with van der Waals surface area (Å²) in [7, 11) is 0. The van der Waals surface area contributed by atoms with Crippen LogP contribution in [0, 0.1) is 24.7 Å². The Morgan fingerprint density at radius 3 is 2.38 bits per heavy atom. The summed E-state index contributed by atoms with van der Waals surface area (Å²) < 4.78 is 17.6. The normalized spacial score (nSPS) is 32.9. The average molecular weight is 471 g/mol. The van der Waals surface area contributed by atoms with Crippen molar-refractivity contribution in [3.8, 4) is 5.75 Å². The number of rotatable bonds is 7. The first-order chi connectivity index (χ1) is 16.2. The van der Waals surface area contributed by atoms with Crippen LogP contribution in [-0.4, -0.2) is 66.9 Å². The summed E-state index contributed by atoms with van der Waals surface area (Å²) in [6.07, 6.45) is 4.86. The minimum atomic E-state index is -0.966. The van der Waals surface area contributed by atoms with Crippen LogP contribution in [-0.2, 0) is 19.1 Å². The van der Waals surface area contributed by atoms with Gasteiger partial charge in [0.1, 0.15) is 11.4 Å². The van der Waals surface area contributed by atoms with Gasteiger partial charge in [-0.05, 0) is 82.8 Å². The summed E-state index contributed by atoms with van der Waals surface area (Å²) in [6, 6.07) is 7.91. The smallest absolute Gasteiger partial charge is 0.320 e. The van der Waals surface area contributed by atoms with Crippen molar-refractivity contribution < 1.29 is 23.8 Å². The molecule has 7 heteroatoms. The molecule has 1 aliphatic heterocycles. The summed E-state index contributed by atoms with van der Waals surface area (Å²) >= 11 is 0. The maximum absolute atomic E-state index is 13.3. The van der Waals surface area contributed by atoms with Gasteiger partial charge in [0.05, 0.1) is 19.8 Å². The number of carbonyl (C=O) groups is 2. The highest BCUT2D eigenvalue weighted by Crippen LogP contribution is 2.57. The molecule has 1 aromatic rings. The van der Waals surface area contributed by atoms with Crippen molar-refractivity contribution in [1.82, 2.24) is 10.2 Å². The predicted molar refractivity (Wildman–Crippen MR) is 127 cm³/mol. The Bertz CT molecular complexity index is 892. The highest BCUT2D eigenvalue weighted by Gasteiger charge is 2.58. The Kier molecular flexibility index (Phi) is 6.36. The molecule has 4 bridgehead atoms. The molecule has 5 fully saturated rings. The van der Waals surface area contributed by atoms with E-state index in [1.54, 1.807) is 0 Å². The number of morpholine rings is 1. The van der Waals surface area contributed by atoms with E-state index in [4.69, 9.17) is 14.2 Å². The van der Waals surface area contributed by atoms with E-state index in [9.17, 15) is 9.59 Å². The molecule has 1 amide bonds. The molecule has 7 nitrogen and oxygen atoms in total. The van der Waals surface area contributed by atoms with Gasteiger partial charge in [-0.3, -0.25) is 14.5 Å². The minimum absolute atomic E-state index is 0.0797. The van der Waals surface area contributed by atoms with Crippen molar-refractivity contribution in [2.75, 3.05) is 32.8 Å². The first-order valence-corrected chi connectivity index (χ1v) is 12.8. The molecule has 3 unspecified atom stereocenters. The van der Waals surface area contributed by atoms with E-state index < -0.39 is 5.60 Å². The second-order valence-corrected chi connectivity index (χ2v) is 11.4. The van der Waals surface area contributed by atoms with Crippen LogP contribution in [0.1, 0.15) is 51.5 Å². The molecule has 0 aromatic heterocycles. The Balaban J connectivity index is 1.20. The van der Waals surface area contributed by atoms with Crippen LogP contribution in [0.25, 0.3) is 0 Å². The van der Waals surface area contributed by atoms with Crippen LogP contribution in [0.15, 0.2) is 24.3 Å². The molecule has 5 aliphatic rings. The van der Waals surface area contributed by atoms with Gasteiger partial charge in [-0.2, -0.15) is 0 Å². The Labute approximate surface area is 202 Å². The lowest BCUT2D eigenvalue weighted by Gasteiger charge is -2.59. The quantitative estimate of drug-likeness (QED) is 0.617. The van der Waals surface area contributed by atoms with Crippen LogP contribution in [0.4, 0.5) is 0 Å². The van der Waals surface area contributed by atoms with Gasteiger partial charge < -0.3 is 19.5 Å². The molecule has 1 saturated heterocycles. The summed E-state index contributed by atoms with van der Waals surface area (Å²) in [4.78, 5) is 28.2. The van der Waals surface area contributed by atoms with Crippen molar-refractivity contribution in [2.45, 2.75) is 70.1 Å². The number of hydrogen-bond acceptors (Lipinski definition) is 6. The summed E-state index contributed by atoms with van der Waals surface area (Å²) in [5.41, 5.74) is -0.163. The molecular weight excluding hydrogens is 432 g/mol. The third kappa shape index (κ3) is 4.96. The third-order valence-corrected chi connectivity index (χ3v) is 8.24. The van der Waals surface area contributed by atoms with Crippen LogP contribution in [0.2, 0.25) is 0 Å². The van der Waals surface area contributed by atoms with Gasteiger partial charge in [-0.1, -0.05) is 17.7 Å². The van der Waals surface area contributed by atoms with E-state index in [1.165, 1.54) is 0 Å². The number of ether oxygens (including phenoxy) is 3. The number of hydrogen-bond donors (Lipinski definition) is 1. The molecule has 0 radical (unpaired) electrons. The fourth-order valence-electron chi connectivity index (χ4n) is 6.80. The maximum atomic E-state index is 13.3. The topological polar surface area (TPSA) is 77.1 Å². The molecule has 186 valence electrons. The summed E-state index contributed by atoms with van der Waals surface area (Å²) in [5.74, 6) is 1.78. The molecule has 4 saturated carbocycles. The summed E-state index contributed by atoms with van der Waals surface area (Å²) in [5, 5.41) is 3.34. The van der Waals surface area contributed by atoms with Gasteiger partial charge in [-0.15, -0.1) is 0 Å². The first-order valence-electron chi connectivity index (χ1n) is 12.8. The first kappa shape index (κ1) is 23.6. The lowest BCUT2D eigenvalue weighted by atomic mass is 9.52. The molecule has 34 heavy (non-hydrogen) atoms. The van der Waals surface area contributed by atoms with Crippen molar-refractivity contribution in [2.24, 2.45) is 17.8 Å². The van der Waals surface area contributed by atoms with Crippen LogP contribution < -0.4 is 10.1 Å². The van der Waals surface area contributed by atoms with E-state index in [-0.39, 0.29) is 23.5 Å². The minimum Gasteiger partial charge on any atom is -0.478 e. The van der Waals surface area contributed by atoms with E-state index in [0.29, 0.717) is 43.3 Å². The number of esters is 1. The zero-order chi connectivity index (χ0) is 23.9. The zero-order valence-electron chi connectivity index (χ0n) is 20.7. The molecule has 1 heterocycles. The van der Waals surface area contributed by atoms with Gasteiger partial charge in [0.25, 0.3) is 5.91 Å². The third-order valence-electron chi connectivity index (χ3n) is 8.24. The SMILES string of the molecule is Cc1ccc(OC(C)(C)C(=O)NC2[C@@H]3CC4C[C@H]2CC(OC(=O)CN2CCOCC2)(C4)C3)cc1. The number of aryl methyl sites for hydroxylation is 1. The highest BCUT2D eigenvalue weighted by molar-refractivity contribution is 5.85. The summed E-state index contributed by atoms with van der Waals surface area (Å²) in [6.45, 7) is 8.94.